The third-order valence-corrected chi connectivity index (χ3v) is 6.49. The molecule has 0 spiro atoms. The zero-order chi connectivity index (χ0) is 20.4. The van der Waals surface area contributed by atoms with Gasteiger partial charge in [0.2, 0.25) is 11.9 Å². The van der Waals surface area contributed by atoms with Crippen LogP contribution in [0.1, 0.15) is 58.1 Å². The minimum Gasteiger partial charge on any atom is -0.341 e. The summed E-state index contributed by atoms with van der Waals surface area (Å²) in [6.45, 7) is 9.02. The molecule has 2 heterocycles. The van der Waals surface area contributed by atoms with E-state index in [0.29, 0.717) is 18.3 Å². The first-order valence-corrected chi connectivity index (χ1v) is 11.6. The summed E-state index contributed by atoms with van der Waals surface area (Å²) in [6, 6.07) is 10.7. The fourth-order valence-electron chi connectivity index (χ4n) is 3.82. The maximum Gasteiger partial charge on any atom is 0.233 e. The van der Waals surface area contributed by atoms with E-state index in [2.05, 4.69) is 52.6 Å². The molecule has 2 aliphatic rings. The Kier molecular flexibility index (Phi) is 5.86. The Morgan fingerprint density at radius 3 is 2.45 bits per heavy atom. The van der Waals surface area contributed by atoms with Crippen LogP contribution in [0.5, 0.6) is 0 Å². The topological polar surface area (TPSA) is 54.3 Å². The fourth-order valence-corrected chi connectivity index (χ4v) is 4.70. The van der Waals surface area contributed by atoms with Crippen LogP contribution in [0.4, 0.5) is 5.95 Å². The Bertz CT molecular complexity index is 835. The first kappa shape index (κ1) is 20.3. The van der Waals surface area contributed by atoms with Crippen LogP contribution in [0.25, 0.3) is 0 Å². The third-order valence-electron chi connectivity index (χ3n) is 5.57. The minimum absolute atomic E-state index is 0.138. The Balaban J connectivity index is 1.46. The Labute approximate surface area is 177 Å². The van der Waals surface area contributed by atoms with Crippen LogP contribution < -0.4 is 4.90 Å². The van der Waals surface area contributed by atoms with Crippen LogP contribution in [0, 0.1) is 0 Å². The standard InChI is InChI=1S/C22H31N5OS/c1-22(2,3)26(15-17-9-5-4-6-10-17)19(28)16-29-21-24-23-20(25-13-7-8-14-25)27(21)18-11-12-18/h4-6,9-10,18H,7-8,11-16H2,1-3H3. The minimum atomic E-state index is -0.238. The lowest BCUT2D eigenvalue weighted by Gasteiger charge is -2.36. The van der Waals surface area contributed by atoms with Gasteiger partial charge >= 0.3 is 0 Å². The van der Waals surface area contributed by atoms with E-state index in [1.165, 1.54) is 37.4 Å². The quantitative estimate of drug-likeness (QED) is 0.639. The summed E-state index contributed by atoms with van der Waals surface area (Å²) >= 11 is 1.53. The lowest BCUT2D eigenvalue weighted by Crippen LogP contribution is -2.45. The van der Waals surface area contributed by atoms with Gasteiger partial charge in [0.05, 0.1) is 5.75 Å². The van der Waals surface area contributed by atoms with E-state index in [1.807, 2.05) is 23.1 Å². The third kappa shape index (κ3) is 4.77. The van der Waals surface area contributed by atoms with Crippen molar-refractivity contribution in [2.45, 2.75) is 69.7 Å². The first-order valence-electron chi connectivity index (χ1n) is 10.6. The van der Waals surface area contributed by atoms with Crippen molar-refractivity contribution in [3.8, 4) is 0 Å². The van der Waals surface area contributed by atoms with Gasteiger partial charge in [-0.1, -0.05) is 42.1 Å². The maximum atomic E-state index is 13.2. The fraction of sp³-hybridized carbons (Fsp3) is 0.591. The highest BCUT2D eigenvalue weighted by molar-refractivity contribution is 7.99. The van der Waals surface area contributed by atoms with Crippen LogP contribution in [0.2, 0.25) is 0 Å². The molecule has 0 bridgehead atoms. The van der Waals surface area contributed by atoms with Crippen molar-refractivity contribution in [3.63, 3.8) is 0 Å². The second-order valence-electron chi connectivity index (χ2n) is 9.00. The number of hydrogen-bond donors (Lipinski definition) is 0. The smallest absolute Gasteiger partial charge is 0.233 e. The number of hydrogen-bond acceptors (Lipinski definition) is 5. The van der Waals surface area contributed by atoms with Gasteiger partial charge in [0.25, 0.3) is 0 Å². The van der Waals surface area contributed by atoms with Crippen LogP contribution in [0.3, 0.4) is 0 Å². The van der Waals surface area contributed by atoms with Gasteiger partial charge in [0.1, 0.15) is 0 Å². The molecule has 1 aliphatic heterocycles. The predicted octanol–water partition coefficient (Wildman–Crippen LogP) is 4.13. The molecule has 1 aromatic carbocycles. The number of nitrogens with zero attached hydrogens (tertiary/aromatic N) is 5. The van der Waals surface area contributed by atoms with Gasteiger partial charge < -0.3 is 9.80 Å². The molecule has 156 valence electrons. The highest BCUT2D eigenvalue weighted by Gasteiger charge is 2.33. The van der Waals surface area contributed by atoms with Crippen molar-refractivity contribution >= 4 is 23.6 Å². The number of aromatic nitrogens is 3. The molecule has 1 aromatic heterocycles. The second kappa shape index (κ2) is 8.38. The van der Waals surface area contributed by atoms with E-state index in [1.54, 1.807) is 0 Å². The molecule has 29 heavy (non-hydrogen) atoms. The largest absolute Gasteiger partial charge is 0.341 e. The van der Waals surface area contributed by atoms with Crippen molar-refractivity contribution in [1.29, 1.82) is 0 Å². The van der Waals surface area contributed by atoms with Crippen LogP contribution in [-0.4, -0.2) is 50.0 Å². The number of thioether (sulfide) groups is 1. The van der Waals surface area contributed by atoms with Crippen molar-refractivity contribution < 1.29 is 4.79 Å². The van der Waals surface area contributed by atoms with Gasteiger partial charge in [-0.05, 0) is 52.0 Å². The Hall–Kier alpha value is -2.02. The number of amides is 1. The van der Waals surface area contributed by atoms with Gasteiger partial charge in [-0.2, -0.15) is 0 Å². The summed E-state index contributed by atoms with van der Waals surface area (Å²) in [4.78, 5) is 17.5. The predicted molar refractivity (Wildman–Crippen MR) is 117 cm³/mol. The average molecular weight is 414 g/mol. The molecule has 0 unspecified atom stereocenters. The second-order valence-corrected chi connectivity index (χ2v) is 9.95. The van der Waals surface area contributed by atoms with E-state index in [-0.39, 0.29) is 11.4 Å². The van der Waals surface area contributed by atoms with Crippen LogP contribution >= 0.6 is 11.8 Å². The van der Waals surface area contributed by atoms with E-state index in [4.69, 9.17) is 0 Å². The summed E-state index contributed by atoms with van der Waals surface area (Å²) in [7, 11) is 0. The number of carbonyl (C=O) groups excluding carboxylic acids is 1. The summed E-state index contributed by atoms with van der Waals surface area (Å²) in [5, 5.41) is 9.84. The Morgan fingerprint density at radius 2 is 1.83 bits per heavy atom. The molecule has 1 amide bonds. The van der Waals surface area contributed by atoms with Gasteiger partial charge in [-0.25, -0.2) is 0 Å². The van der Waals surface area contributed by atoms with Crippen molar-refractivity contribution in [2.24, 2.45) is 0 Å². The van der Waals surface area contributed by atoms with E-state index in [9.17, 15) is 4.79 Å². The van der Waals surface area contributed by atoms with E-state index in [0.717, 1.165) is 29.8 Å². The molecular formula is C22H31N5OS. The van der Waals surface area contributed by atoms with E-state index < -0.39 is 0 Å². The number of rotatable bonds is 7. The van der Waals surface area contributed by atoms with Gasteiger partial charge in [0, 0.05) is 31.2 Å². The van der Waals surface area contributed by atoms with Gasteiger partial charge in [-0.15, -0.1) is 10.2 Å². The number of carbonyl (C=O) groups is 1. The molecule has 0 N–H and O–H groups in total. The zero-order valence-corrected chi connectivity index (χ0v) is 18.5. The molecule has 4 rings (SSSR count). The summed E-state index contributed by atoms with van der Waals surface area (Å²) < 4.78 is 2.28. The molecule has 0 atom stereocenters. The summed E-state index contributed by atoms with van der Waals surface area (Å²) in [6.07, 6.45) is 4.81. The molecule has 7 heteroatoms. The maximum absolute atomic E-state index is 13.2. The SMILES string of the molecule is CC(C)(C)N(Cc1ccccc1)C(=O)CSc1nnc(N2CCCC2)n1C1CC1. The van der Waals surface area contributed by atoms with Crippen LogP contribution in [0.15, 0.2) is 35.5 Å². The van der Waals surface area contributed by atoms with Crippen molar-refractivity contribution in [1.82, 2.24) is 19.7 Å². The highest BCUT2D eigenvalue weighted by Crippen LogP contribution is 2.41. The van der Waals surface area contributed by atoms with Gasteiger partial charge in [-0.3, -0.25) is 9.36 Å². The van der Waals surface area contributed by atoms with Crippen molar-refractivity contribution in [2.75, 3.05) is 23.7 Å². The molecule has 6 nitrogen and oxygen atoms in total. The lowest BCUT2D eigenvalue weighted by atomic mass is 10.0. The number of benzene rings is 1. The van der Waals surface area contributed by atoms with Gasteiger partial charge in [0.15, 0.2) is 5.16 Å². The molecule has 1 saturated carbocycles. The Morgan fingerprint density at radius 1 is 1.14 bits per heavy atom. The molecule has 2 aromatic rings. The molecule has 1 saturated heterocycles. The summed E-state index contributed by atoms with van der Waals surface area (Å²) in [5.41, 5.74) is 0.913. The monoisotopic (exact) mass is 413 g/mol. The molecule has 0 radical (unpaired) electrons. The highest BCUT2D eigenvalue weighted by atomic mass is 32.2. The first-order chi connectivity index (χ1) is 13.9. The lowest BCUT2D eigenvalue weighted by molar-refractivity contribution is -0.133. The molecular weight excluding hydrogens is 382 g/mol. The summed E-state index contributed by atoms with van der Waals surface area (Å²) in [5.74, 6) is 1.52. The zero-order valence-electron chi connectivity index (χ0n) is 17.7. The van der Waals surface area contributed by atoms with E-state index >= 15 is 0 Å². The van der Waals surface area contributed by atoms with Crippen molar-refractivity contribution in [3.05, 3.63) is 35.9 Å². The average Bonchev–Trinajstić information content (AvgIpc) is 3.21. The number of anilines is 1. The normalized spacial score (nSPS) is 17.0. The van der Waals surface area contributed by atoms with Crippen LogP contribution in [-0.2, 0) is 11.3 Å². The molecule has 2 fully saturated rings. The molecule has 1 aliphatic carbocycles.